The summed E-state index contributed by atoms with van der Waals surface area (Å²) in [6.07, 6.45) is 2.47. The molecule has 2 amide bonds. The summed E-state index contributed by atoms with van der Waals surface area (Å²) in [6, 6.07) is 10.3. The lowest BCUT2D eigenvalue weighted by molar-refractivity contribution is -0.133. The number of carbonyl (C=O) groups excluding carboxylic acids is 2. The van der Waals surface area contributed by atoms with Gasteiger partial charge in [-0.3, -0.25) is 19.4 Å². The van der Waals surface area contributed by atoms with E-state index in [-0.39, 0.29) is 17.9 Å². The predicted octanol–water partition coefficient (Wildman–Crippen LogP) is 1.63. The van der Waals surface area contributed by atoms with E-state index in [0.29, 0.717) is 38.5 Å². The molecule has 1 aromatic rings. The highest BCUT2D eigenvalue weighted by Gasteiger charge is 2.24. The van der Waals surface area contributed by atoms with Crippen molar-refractivity contribution in [3.63, 3.8) is 0 Å². The second-order valence-electron chi connectivity index (χ2n) is 9.45. The van der Waals surface area contributed by atoms with Gasteiger partial charge in [-0.1, -0.05) is 44.2 Å². The summed E-state index contributed by atoms with van der Waals surface area (Å²) in [7, 11) is 0. The SMILES string of the molecule is CC(C)CN1CCOC(CNC(=O)CN2CCN(C(=O)CCCc3ccccc3)CC2)C1. The van der Waals surface area contributed by atoms with Crippen LogP contribution in [0.3, 0.4) is 0 Å². The van der Waals surface area contributed by atoms with Crippen LogP contribution >= 0.6 is 0 Å². The molecule has 0 spiro atoms. The summed E-state index contributed by atoms with van der Waals surface area (Å²) in [6.45, 7) is 12.0. The van der Waals surface area contributed by atoms with E-state index in [1.807, 2.05) is 23.1 Å². The summed E-state index contributed by atoms with van der Waals surface area (Å²) in [5.41, 5.74) is 1.28. The van der Waals surface area contributed by atoms with Gasteiger partial charge in [0.25, 0.3) is 0 Å². The fraction of sp³-hybridized carbons (Fsp3) is 0.680. The Morgan fingerprint density at radius 2 is 1.81 bits per heavy atom. The monoisotopic (exact) mass is 444 g/mol. The van der Waals surface area contributed by atoms with Crippen molar-refractivity contribution in [2.24, 2.45) is 5.92 Å². The van der Waals surface area contributed by atoms with Gasteiger partial charge in [-0.05, 0) is 24.3 Å². The van der Waals surface area contributed by atoms with Crippen molar-refractivity contribution in [2.45, 2.75) is 39.2 Å². The number of hydrogen-bond donors (Lipinski definition) is 1. The van der Waals surface area contributed by atoms with Crippen LogP contribution in [0.1, 0.15) is 32.3 Å². The maximum absolute atomic E-state index is 12.5. The molecule has 0 aliphatic carbocycles. The van der Waals surface area contributed by atoms with E-state index in [1.165, 1.54) is 5.56 Å². The number of amides is 2. The zero-order chi connectivity index (χ0) is 22.8. The predicted molar refractivity (Wildman–Crippen MR) is 126 cm³/mol. The second kappa shape index (κ2) is 12.9. The molecule has 2 aliphatic heterocycles. The van der Waals surface area contributed by atoms with Crippen molar-refractivity contribution in [1.82, 2.24) is 20.0 Å². The van der Waals surface area contributed by atoms with Crippen LogP contribution in [0.15, 0.2) is 30.3 Å². The van der Waals surface area contributed by atoms with E-state index >= 15 is 0 Å². The third-order valence-electron chi connectivity index (χ3n) is 6.16. The van der Waals surface area contributed by atoms with Crippen LogP contribution < -0.4 is 5.32 Å². The highest BCUT2D eigenvalue weighted by Crippen LogP contribution is 2.10. The first-order valence-electron chi connectivity index (χ1n) is 12.1. The van der Waals surface area contributed by atoms with E-state index in [1.54, 1.807) is 0 Å². The summed E-state index contributed by atoms with van der Waals surface area (Å²) in [5, 5.41) is 3.04. The first kappa shape index (κ1) is 24.7. The molecule has 2 aliphatic rings. The topological polar surface area (TPSA) is 65.1 Å². The third-order valence-corrected chi connectivity index (χ3v) is 6.16. The van der Waals surface area contributed by atoms with Crippen LogP contribution in [0, 0.1) is 5.92 Å². The fourth-order valence-corrected chi connectivity index (χ4v) is 4.47. The van der Waals surface area contributed by atoms with E-state index in [4.69, 9.17) is 4.74 Å². The molecule has 2 saturated heterocycles. The molecule has 7 heteroatoms. The Hall–Kier alpha value is -1.96. The minimum atomic E-state index is 0.0391. The van der Waals surface area contributed by atoms with Crippen LogP contribution in [0.25, 0.3) is 0 Å². The summed E-state index contributed by atoms with van der Waals surface area (Å²) < 4.78 is 5.82. The Kier molecular flexibility index (Phi) is 9.96. The molecule has 3 rings (SSSR count). The molecule has 0 saturated carbocycles. The standard InChI is InChI=1S/C25H40N4O3/c1-21(2)18-28-15-16-32-23(19-28)17-26-24(30)20-27-11-13-29(14-12-27)25(31)10-6-9-22-7-4-3-5-8-22/h3-5,7-8,21,23H,6,9-20H2,1-2H3,(H,26,30). The number of aryl methyl sites for hydroxylation is 1. The number of morpholine rings is 1. The number of nitrogens with one attached hydrogen (secondary N) is 1. The molecule has 2 heterocycles. The molecule has 0 bridgehead atoms. The molecule has 178 valence electrons. The first-order chi connectivity index (χ1) is 15.5. The molecule has 2 fully saturated rings. The van der Waals surface area contributed by atoms with Crippen molar-refractivity contribution < 1.29 is 14.3 Å². The van der Waals surface area contributed by atoms with Gasteiger partial charge >= 0.3 is 0 Å². The molecule has 1 N–H and O–H groups in total. The Morgan fingerprint density at radius 1 is 1.06 bits per heavy atom. The second-order valence-corrected chi connectivity index (χ2v) is 9.45. The lowest BCUT2D eigenvalue weighted by atomic mass is 10.1. The van der Waals surface area contributed by atoms with Crippen LogP contribution in [0.5, 0.6) is 0 Å². The average Bonchev–Trinajstić information content (AvgIpc) is 2.79. The van der Waals surface area contributed by atoms with Gasteiger partial charge in [0.1, 0.15) is 0 Å². The highest BCUT2D eigenvalue weighted by atomic mass is 16.5. The lowest BCUT2D eigenvalue weighted by Gasteiger charge is -2.35. The maximum atomic E-state index is 12.5. The summed E-state index contributed by atoms with van der Waals surface area (Å²) in [5.74, 6) is 0.903. The number of ether oxygens (including phenoxy) is 1. The van der Waals surface area contributed by atoms with Gasteiger partial charge in [0, 0.05) is 58.8 Å². The van der Waals surface area contributed by atoms with Crippen molar-refractivity contribution in [3.8, 4) is 0 Å². The summed E-state index contributed by atoms with van der Waals surface area (Å²) in [4.78, 5) is 31.4. The van der Waals surface area contributed by atoms with Gasteiger partial charge in [-0.2, -0.15) is 0 Å². The molecule has 1 aromatic carbocycles. The summed E-state index contributed by atoms with van der Waals surface area (Å²) >= 11 is 0. The van der Waals surface area contributed by atoms with E-state index in [0.717, 1.165) is 52.2 Å². The maximum Gasteiger partial charge on any atom is 0.234 e. The molecule has 0 radical (unpaired) electrons. The van der Waals surface area contributed by atoms with Gasteiger partial charge in [-0.25, -0.2) is 0 Å². The Bertz CT molecular complexity index is 704. The van der Waals surface area contributed by atoms with Gasteiger partial charge < -0.3 is 15.0 Å². The molecule has 32 heavy (non-hydrogen) atoms. The van der Waals surface area contributed by atoms with Crippen LogP contribution in [0.2, 0.25) is 0 Å². The zero-order valence-electron chi connectivity index (χ0n) is 19.8. The fourth-order valence-electron chi connectivity index (χ4n) is 4.47. The van der Waals surface area contributed by atoms with Crippen molar-refractivity contribution >= 4 is 11.8 Å². The number of rotatable bonds is 10. The van der Waals surface area contributed by atoms with Gasteiger partial charge in [-0.15, -0.1) is 0 Å². The Labute approximate surface area is 193 Å². The normalized spacial score (nSPS) is 20.5. The van der Waals surface area contributed by atoms with Gasteiger partial charge in [0.2, 0.25) is 11.8 Å². The smallest absolute Gasteiger partial charge is 0.234 e. The number of hydrogen-bond acceptors (Lipinski definition) is 5. The molecular weight excluding hydrogens is 404 g/mol. The number of nitrogens with zero attached hydrogens (tertiary/aromatic N) is 3. The van der Waals surface area contributed by atoms with Crippen molar-refractivity contribution in [1.29, 1.82) is 0 Å². The Balaban J connectivity index is 1.28. The van der Waals surface area contributed by atoms with Crippen LogP contribution in [-0.2, 0) is 20.7 Å². The largest absolute Gasteiger partial charge is 0.374 e. The van der Waals surface area contributed by atoms with Crippen LogP contribution in [0.4, 0.5) is 0 Å². The van der Waals surface area contributed by atoms with Crippen molar-refractivity contribution in [3.05, 3.63) is 35.9 Å². The van der Waals surface area contributed by atoms with Gasteiger partial charge in [0.15, 0.2) is 0 Å². The molecule has 7 nitrogen and oxygen atoms in total. The third kappa shape index (κ3) is 8.52. The minimum absolute atomic E-state index is 0.0391. The number of benzene rings is 1. The van der Waals surface area contributed by atoms with E-state index in [9.17, 15) is 9.59 Å². The minimum Gasteiger partial charge on any atom is -0.374 e. The molecular formula is C25H40N4O3. The highest BCUT2D eigenvalue weighted by molar-refractivity contribution is 5.78. The molecule has 1 unspecified atom stereocenters. The number of piperazine rings is 1. The van der Waals surface area contributed by atoms with E-state index in [2.05, 4.69) is 41.1 Å². The van der Waals surface area contributed by atoms with Crippen molar-refractivity contribution in [2.75, 3.05) is 65.5 Å². The zero-order valence-corrected chi connectivity index (χ0v) is 19.8. The number of carbonyl (C=O) groups is 2. The Morgan fingerprint density at radius 3 is 2.53 bits per heavy atom. The molecule has 1 atom stereocenters. The van der Waals surface area contributed by atoms with E-state index < -0.39 is 0 Å². The molecule has 0 aromatic heterocycles. The van der Waals surface area contributed by atoms with Gasteiger partial charge in [0.05, 0.1) is 19.3 Å². The van der Waals surface area contributed by atoms with Crippen LogP contribution in [-0.4, -0.2) is 98.1 Å². The quantitative estimate of drug-likeness (QED) is 0.594. The first-order valence-corrected chi connectivity index (χ1v) is 12.1. The average molecular weight is 445 g/mol. The lowest BCUT2D eigenvalue weighted by Crippen LogP contribution is -2.52.